The van der Waals surface area contributed by atoms with Gasteiger partial charge in [-0.25, -0.2) is 4.79 Å². The van der Waals surface area contributed by atoms with Crippen LogP contribution in [0.4, 0.5) is 15.6 Å². The molecule has 0 atom stereocenters. The van der Waals surface area contributed by atoms with Gasteiger partial charge in [-0.15, -0.1) is 10.2 Å². The highest BCUT2D eigenvalue weighted by molar-refractivity contribution is 7.15. The van der Waals surface area contributed by atoms with E-state index in [2.05, 4.69) is 20.8 Å². The zero-order valence-electron chi connectivity index (χ0n) is 14.5. The molecule has 2 amide bonds. The second-order valence-corrected chi connectivity index (χ2v) is 7.60. The smallest absolute Gasteiger partial charge is 0.325 e. The predicted molar refractivity (Wildman–Crippen MR) is 109 cm³/mol. The van der Waals surface area contributed by atoms with Gasteiger partial charge in [0.05, 0.1) is 10.0 Å². The Labute approximate surface area is 170 Å². The summed E-state index contributed by atoms with van der Waals surface area (Å²) in [6, 6.07) is 10.3. The Bertz CT molecular complexity index is 957. The number of carbonyl (C=O) groups excluding carboxylic acids is 1. The first-order valence-corrected chi connectivity index (χ1v) is 9.54. The summed E-state index contributed by atoms with van der Waals surface area (Å²) in [5.74, 6) is 0.833. The Morgan fingerprint density at radius 2 is 1.81 bits per heavy atom. The van der Waals surface area contributed by atoms with Crippen molar-refractivity contribution in [2.75, 3.05) is 10.6 Å². The number of benzene rings is 2. The first-order valence-electron chi connectivity index (χ1n) is 7.97. The van der Waals surface area contributed by atoms with E-state index in [0.29, 0.717) is 25.9 Å². The Balaban J connectivity index is 1.57. The third-order valence-corrected chi connectivity index (χ3v) is 5.16. The molecule has 0 radical (unpaired) electrons. The monoisotopic (exact) mass is 422 g/mol. The molecule has 0 spiro atoms. The van der Waals surface area contributed by atoms with E-state index in [1.807, 2.05) is 32.0 Å². The van der Waals surface area contributed by atoms with Crippen LogP contribution < -0.4 is 15.4 Å². The molecule has 0 unspecified atom stereocenters. The molecule has 3 aromatic rings. The molecule has 1 aromatic heterocycles. The molecular weight excluding hydrogens is 407 g/mol. The van der Waals surface area contributed by atoms with E-state index in [9.17, 15) is 4.79 Å². The fraction of sp³-hybridized carbons (Fsp3) is 0.167. The molecule has 0 fully saturated rings. The summed E-state index contributed by atoms with van der Waals surface area (Å²) in [5, 5.41) is 15.1. The molecule has 0 aliphatic heterocycles. The summed E-state index contributed by atoms with van der Waals surface area (Å²) in [5.41, 5.74) is 2.63. The van der Waals surface area contributed by atoms with E-state index in [1.54, 1.807) is 18.2 Å². The fourth-order valence-electron chi connectivity index (χ4n) is 2.36. The summed E-state index contributed by atoms with van der Waals surface area (Å²) in [7, 11) is 0. The number of nitrogens with one attached hydrogen (secondary N) is 2. The molecule has 0 aliphatic carbocycles. The number of aromatic nitrogens is 2. The van der Waals surface area contributed by atoms with Crippen molar-refractivity contribution in [2.45, 2.75) is 20.5 Å². The quantitative estimate of drug-likeness (QED) is 0.553. The molecule has 1 heterocycles. The van der Waals surface area contributed by atoms with Gasteiger partial charge in [0.15, 0.2) is 5.01 Å². The van der Waals surface area contributed by atoms with Crippen LogP contribution in [-0.4, -0.2) is 16.2 Å². The summed E-state index contributed by atoms with van der Waals surface area (Å²) < 4.78 is 5.84. The van der Waals surface area contributed by atoms with Crippen molar-refractivity contribution < 1.29 is 9.53 Å². The lowest BCUT2D eigenvalue weighted by Crippen LogP contribution is -2.19. The molecule has 0 bridgehead atoms. The van der Waals surface area contributed by atoms with Gasteiger partial charge in [0, 0.05) is 5.69 Å². The highest BCUT2D eigenvalue weighted by Gasteiger charge is 2.11. The fourth-order valence-corrected chi connectivity index (χ4v) is 3.30. The van der Waals surface area contributed by atoms with E-state index in [0.717, 1.165) is 16.9 Å². The molecule has 9 heteroatoms. The molecule has 27 heavy (non-hydrogen) atoms. The molecule has 2 N–H and O–H groups in total. The standard InChI is InChI=1S/C18H16Cl2N4O2S/c1-10-4-3-5-11(2)16(10)26-9-15-23-24-18(27-15)22-17(25)21-12-6-7-13(19)14(20)8-12/h3-8H,9H2,1-2H3,(H2,21,22,24,25). The summed E-state index contributed by atoms with van der Waals surface area (Å²) >= 11 is 13.0. The highest BCUT2D eigenvalue weighted by atomic mass is 35.5. The zero-order valence-corrected chi connectivity index (χ0v) is 16.9. The average Bonchev–Trinajstić information content (AvgIpc) is 3.05. The lowest BCUT2D eigenvalue weighted by atomic mass is 10.1. The first-order chi connectivity index (χ1) is 12.9. The van der Waals surface area contributed by atoms with E-state index >= 15 is 0 Å². The predicted octanol–water partition coefficient (Wildman–Crippen LogP) is 5.68. The lowest BCUT2D eigenvalue weighted by molar-refractivity contribution is 0.262. The van der Waals surface area contributed by atoms with Gasteiger partial charge in [-0.3, -0.25) is 5.32 Å². The summed E-state index contributed by atoms with van der Waals surface area (Å²) in [6.45, 7) is 4.25. The number of amides is 2. The third-order valence-electron chi connectivity index (χ3n) is 3.61. The Morgan fingerprint density at radius 1 is 1.07 bits per heavy atom. The van der Waals surface area contributed by atoms with Crippen LogP contribution in [0.25, 0.3) is 0 Å². The SMILES string of the molecule is Cc1cccc(C)c1OCc1nnc(NC(=O)Nc2ccc(Cl)c(Cl)c2)s1. The summed E-state index contributed by atoms with van der Waals surface area (Å²) in [6.07, 6.45) is 0. The van der Waals surface area contributed by atoms with Crippen molar-refractivity contribution in [1.82, 2.24) is 10.2 Å². The minimum atomic E-state index is -0.452. The van der Waals surface area contributed by atoms with E-state index in [1.165, 1.54) is 11.3 Å². The van der Waals surface area contributed by atoms with Crippen LogP contribution in [0.2, 0.25) is 10.0 Å². The molecular formula is C18H16Cl2N4O2S. The average molecular weight is 423 g/mol. The summed E-state index contributed by atoms with van der Waals surface area (Å²) in [4.78, 5) is 12.1. The second kappa shape index (κ2) is 8.56. The maximum Gasteiger partial charge on any atom is 0.325 e. The van der Waals surface area contributed by atoms with Gasteiger partial charge in [-0.1, -0.05) is 52.7 Å². The van der Waals surface area contributed by atoms with Crippen molar-refractivity contribution in [2.24, 2.45) is 0 Å². The van der Waals surface area contributed by atoms with Gasteiger partial charge in [0.1, 0.15) is 12.4 Å². The number of para-hydroxylation sites is 1. The Kier molecular flexibility index (Phi) is 6.15. The van der Waals surface area contributed by atoms with Crippen LogP contribution in [0.3, 0.4) is 0 Å². The van der Waals surface area contributed by atoms with Crippen LogP contribution in [0.15, 0.2) is 36.4 Å². The van der Waals surface area contributed by atoms with Crippen molar-refractivity contribution in [3.8, 4) is 5.75 Å². The van der Waals surface area contributed by atoms with Gasteiger partial charge in [0.25, 0.3) is 0 Å². The minimum Gasteiger partial charge on any atom is -0.486 e. The van der Waals surface area contributed by atoms with Crippen LogP contribution in [0.1, 0.15) is 16.1 Å². The normalized spacial score (nSPS) is 10.5. The number of halogens is 2. The molecule has 2 aromatic carbocycles. The Hall–Kier alpha value is -2.35. The number of nitrogens with zero attached hydrogens (tertiary/aromatic N) is 2. The van der Waals surface area contributed by atoms with Crippen LogP contribution in [0, 0.1) is 13.8 Å². The maximum absolute atomic E-state index is 12.1. The maximum atomic E-state index is 12.1. The van der Waals surface area contributed by atoms with Gasteiger partial charge in [0.2, 0.25) is 5.13 Å². The minimum absolute atomic E-state index is 0.277. The van der Waals surface area contributed by atoms with Gasteiger partial charge in [-0.05, 0) is 43.2 Å². The number of urea groups is 1. The number of rotatable bonds is 5. The molecule has 140 valence electrons. The second-order valence-electron chi connectivity index (χ2n) is 5.72. The lowest BCUT2D eigenvalue weighted by Gasteiger charge is -2.10. The first kappa shape index (κ1) is 19.4. The number of carbonyl (C=O) groups is 1. The molecule has 3 rings (SSSR count). The van der Waals surface area contributed by atoms with Crippen molar-refractivity contribution in [3.63, 3.8) is 0 Å². The number of hydrogen-bond donors (Lipinski definition) is 2. The van der Waals surface area contributed by atoms with Crippen molar-refractivity contribution in [1.29, 1.82) is 0 Å². The number of ether oxygens (including phenoxy) is 1. The highest BCUT2D eigenvalue weighted by Crippen LogP contribution is 2.26. The van der Waals surface area contributed by atoms with E-state index < -0.39 is 6.03 Å². The number of hydrogen-bond acceptors (Lipinski definition) is 5. The number of anilines is 2. The topological polar surface area (TPSA) is 76.1 Å². The third kappa shape index (κ3) is 5.09. The van der Waals surface area contributed by atoms with Gasteiger partial charge < -0.3 is 10.1 Å². The van der Waals surface area contributed by atoms with Crippen LogP contribution >= 0.6 is 34.5 Å². The molecule has 0 aliphatic rings. The number of aryl methyl sites for hydroxylation is 2. The van der Waals surface area contributed by atoms with Gasteiger partial charge >= 0.3 is 6.03 Å². The van der Waals surface area contributed by atoms with Gasteiger partial charge in [-0.2, -0.15) is 0 Å². The van der Waals surface area contributed by atoms with E-state index in [-0.39, 0.29) is 6.61 Å². The largest absolute Gasteiger partial charge is 0.486 e. The van der Waals surface area contributed by atoms with Crippen LogP contribution in [0.5, 0.6) is 5.75 Å². The van der Waals surface area contributed by atoms with E-state index in [4.69, 9.17) is 27.9 Å². The molecule has 0 saturated heterocycles. The Morgan fingerprint density at radius 3 is 2.52 bits per heavy atom. The van der Waals surface area contributed by atoms with Crippen LogP contribution in [-0.2, 0) is 6.61 Å². The molecule has 0 saturated carbocycles. The molecule has 6 nitrogen and oxygen atoms in total. The van der Waals surface area contributed by atoms with Crippen molar-refractivity contribution in [3.05, 3.63) is 62.6 Å². The van der Waals surface area contributed by atoms with Crippen molar-refractivity contribution >= 4 is 51.4 Å². The zero-order chi connectivity index (χ0) is 19.4.